The number of ketones is 1. The number of fused-ring (bicyclic) bond motifs is 1. The first-order chi connectivity index (χ1) is 19.5. The second kappa shape index (κ2) is 11.3. The van der Waals surface area contributed by atoms with Gasteiger partial charge in [0.05, 0.1) is 34.5 Å². The van der Waals surface area contributed by atoms with Crippen LogP contribution in [-0.4, -0.2) is 35.0 Å². The van der Waals surface area contributed by atoms with E-state index in [1.165, 1.54) is 18.2 Å². The van der Waals surface area contributed by atoms with Crippen LogP contribution in [0.2, 0.25) is 0 Å². The lowest BCUT2D eigenvalue weighted by molar-refractivity contribution is -0.120. The van der Waals surface area contributed by atoms with E-state index in [1.807, 2.05) is 32.0 Å². The van der Waals surface area contributed by atoms with Gasteiger partial charge in [-0.1, -0.05) is 18.2 Å². The lowest BCUT2D eigenvalue weighted by atomic mass is 9.87. The van der Waals surface area contributed by atoms with Gasteiger partial charge in [0.2, 0.25) is 0 Å². The van der Waals surface area contributed by atoms with E-state index in [-0.39, 0.29) is 30.1 Å². The third kappa shape index (κ3) is 6.41. The summed E-state index contributed by atoms with van der Waals surface area (Å²) < 4.78 is 54.5. The average molecular weight is 574 g/mol. The molecule has 6 nitrogen and oxygen atoms in total. The molecule has 9 heteroatoms. The van der Waals surface area contributed by atoms with Gasteiger partial charge in [-0.25, -0.2) is 22.2 Å². The Morgan fingerprint density at radius 3 is 2.39 bits per heavy atom. The number of benzene rings is 3. The number of hydrogen-bond acceptors (Lipinski definition) is 5. The van der Waals surface area contributed by atoms with Gasteiger partial charge in [-0.15, -0.1) is 0 Å². The fourth-order valence-corrected chi connectivity index (χ4v) is 5.80. The minimum atomic E-state index is -3.46. The molecule has 5 rings (SSSR count). The Kier molecular flexibility index (Phi) is 7.82. The van der Waals surface area contributed by atoms with Crippen LogP contribution in [0.25, 0.3) is 22.2 Å². The summed E-state index contributed by atoms with van der Waals surface area (Å²) in [6.07, 6.45) is 4.56. The summed E-state index contributed by atoms with van der Waals surface area (Å²) >= 11 is 0. The van der Waals surface area contributed by atoms with Crippen molar-refractivity contribution in [2.75, 3.05) is 6.26 Å². The van der Waals surface area contributed by atoms with E-state index in [0.29, 0.717) is 22.4 Å². The molecule has 0 aliphatic rings. The molecule has 0 N–H and O–H groups in total. The fraction of sp³-hybridized carbons (Fsp3) is 0.219. The predicted octanol–water partition coefficient (Wildman–Crippen LogP) is 6.38. The Bertz CT molecular complexity index is 1860. The predicted molar refractivity (Wildman–Crippen MR) is 154 cm³/mol. The monoisotopic (exact) mass is 573 g/mol. The molecule has 0 radical (unpaired) electrons. The van der Waals surface area contributed by atoms with Gasteiger partial charge in [-0.05, 0) is 85.0 Å². The number of carbonyl (C=O) groups is 1. The molecule has 41 heavy (non-hydrogen) atoms. The van der Waals surface area contributed by atoms with Crippen LogP contribution in [0.15, 0.2) is 84.1 Å². The molecule has 0 unspecified atom stereocenters. The number of aryl methyl sites for hydroxylation is 2. The van der Waals surface area contributed by atoms with Crippen LogP contribution in [-0.2, 0) is 27.6 Å². The minimum Gasteiger partial charge on any atom is -0.323 e. The first-order valence-electron chi connectivity index (χ1n) is 13.1. The molecule has 1 atom stereocenters. The van der Waals surface area contributed by atoms with Crippen LogP contribution in [0.4, 0.5) is 8.78 Å². The van der Waals surface area contributed by atoms with Gasteiger partial charge >= 0.3 is 0 Å². The number of aromatic nitrogens is 3. The van der Waals surface area contributed by atoms with E-state index in [0.717, 1.165) is 34.5 Å². The van der Waals surface area contributed by atoms with Crippen LogP contribution in [0.5, 0.6) is 0 Å². The molecule has 0 saturated heterocycles. The van der Waals surface area contributed by atoms with Gasteiger partial charge < -0.3 is 4.57 Å². The molecule has 5 aromatic rings. The molecule has 0 amide bonds. The zero-order chi connectivity index (χ0) is 29.3. The van der Waals surface area contributed by atoms with Gasteiger partial charge in [0.15, 0.2) is 15.6 Å². The molecule has 2 aromatic heterocycles. The Balaban J connectivity index is 1.53. The quantitative estimate of drug-likeness (QED) is 0.204. The van der Waals surface area contributed by atoms with Crippen molar-refractivity contribution < 1.29 is 22.0 Å². The summed E-state index contributed by atoms with van der Waals surface area (Å²) in [5, 5.41) is 0. The van der Waals surface area contributed by atoms with Crippen LogP contribution >= 0.6 is 0 Å². The number of pyridine rings is 1. The Labute approximate surface area is 237 Å². The van der Waals surface area contributed by atoms with Crippen LogP contribution in [0.3, 0.4) is 0 Å². The Morgan fingerprint density at radius 1 is 0.927 bits per heavy atom. The highest BCUT2D eigenvalue weighted by Gasteiger charge is 2.23. The second-order valence-electron chi connectivity index (χ2n) is 10.5. The molecule has 0 bridgehead atoms. The molecule has 0 aliphatic carbocycles. The van der Waals surface area contributed by atoms with Crippen molar-refractivity contribution in [2.24, 2.45) is 0 Å². The lowest BCUT2D eigenvalue weighted by Crippen LogP contribution is -2.17. The summed E-state index contributed by atoms with van der Waals surface area (Å²) in [6, 6.07) is 17.3. The third-order valence-corrected chi connectivity index (χ3v) is 8.37. The maximum atomic E-state index is 14.1. The molecule has 2 heterocycles. The van der Waals surface area contributed by atoms with Crippen molar-refractivity contribution in [2.45, 2.75) is 44.0 Å². The largest absolute Gasteiger partial charge is 0.323 e. The number of rotatable bonds is 9. The first kappa shape index (κ1) is 28.3. The summed E-state index contributed by atoms with van der Waals surface area (Å²) in [4.78, 5) is 22.7. The second-order valence-corrected chi connectivity index (χ2v) is 12.5. The van der Waals surface area contributed by atoms with E-state index in [1.54, 1.807) is 41.4 Å². The maximum Gasteiger partial charge on any atom is 0.175 e. The van der Waals surface area contributed by atoms with Crippen LogP contribution in [0.1, 0.15) is 34.7 Å². The SMILES string of the molecule is Cc1cc2ncn(CC(=O)C[C@@H](Cc3cc(F)cc(F)c3)c3ncccc3-c3cccc(S(C)(=O)=O)c3)c2cc1C. The maximum absolute atomic E-state index is 14.1. The average Bonchev–Trinajstić information content (AvgIpc) is 3.28. The molecular weight excluding hydrogens is 544 g/mol. The van der Waals surface area contributed by atoms with Crippen molar-refractivity contribution in [3.05, 3.63) is 113 Å². The summed E-state index contributed by atoms with van der Waals surface area (Å²) in [5.74, 6) is -2.06. The molecule has 0 aliphatic heterocycles. The number of carbonyl (C=O) groups excluding carboxylic acids is 1. The number of Topliss-reactive ketones (excluding diaryl/α,β-unsaturated/α-hetero) is 1. The summed E-state index contributed by atoms with van der Waals surface area (Å²) in [7, 11) is -3.46. The molecule has 0 fully saturated rings. The van der Waals surface area contributed by atoms with E-state index in [4.69, 9.17) is 0 Å². The smallest absolute Gasteiger partial charge is 0.175 e. The van der Waals surface area contributed by atoms with E-state index in [9.17, 15) is 22.0 Å². The summed E-state index contributed by atoms with van der Waals surface area (Å²) in [5.41, 5.74) is 6.04. The van der Waals surface area contributed by atoms with Gasteiger partial charge in [-0.2, -0.15) is 0 Å². The van der Waals surface area contributed by atoms with Crippen LogP contribution in [0, 0.1) is 25.5 Å². The molecule has 0 saturated carbocycles. The zero-order valence-corrected chi connectivity index (χ0v) is 23.8. The number of imidazole rings is 1. The first-order valence-corrected chi connectivity index (χ1v) is 15.0. The Hall–Kier alpha value is -4.24. The standard InChI is InChI=1S/C32H29F2N3O3S/c1-20-10-30-31(11-21(20)2)37(19-36-30)18-27(38)15-24(12-22-13-25(33)17-26(34)14-22)32-29(8-5-9-35-32)23-6-4-7-28(16-23)41(3,39)40/h4-11,13-14,16-17,19,24H,12,15,18H2,1-3H3/t24-/m1/s1. The molecule has 3 aromatic carbocycles. The van der Waals surface area contributed by atoms with E-state index >= 15 is 0 Å². The van der Waals surface area contributed by atoms with E-state index in [2.05, 4.69) is 9.97 Å². The lowest BCUT2D eigenvalue weighted by Gasteiger charge is -2.20. The highest BCUT2D eigenvalue weighted by atomic mass is 32.2. The molecule has 0 spiro atoms. The van der Waals surface area contributed by atoms with Gasteiger partial charge in [0.1, 0.15) is 11.6 Å². The van der Waals surface area contributed by atoms with Crippen LogP contribution < -0.4 is 0 Å². The van der Waals surface area contributed by atoms with Gasteiger partial charge in [0, 0.05) is 36.4 Å². The highest BCUT2D eigenvalue weighted by molar-refractivity contribution is 7.90. The number of hydrogen-bond donors (Lipinski definition) is 0. The van der Waals surface area contributed by atoms with E-state index < -0.39 is 27.4 Å². The third-order valence-electron chi connectivity index (χ3n) is 7.26. The van der Waals surface area contributed by atoms with Gasteiger partial charge in [0.25, 0.3) is 0 Å². The van der Waals surface area contributed by atoms with Crippen molar-refractivity contribution in [1.29, 1.82) is 0 Å². The molecule has 210 valence electrons. The number of halogens is 2. The summed E-state index contributed by atoms with van der Waals surface area (Å²) in [6.45, 7) is 4.08. The highest BCUT2D eigenvalue weighted by Crippen LogP contribution is 2.34. The number of nitrogens with zero attached hydrogens (tertiary/aromatic N) is 3. The van der Waals surface area contributed by atoms with Crippen molar-refractivity contribution in [3.8, 4) is 11.1 Å². The zero-order valence-electron chi connectivity index (χ0n) is 22.9. The number of sulfone groups is 1. The van der Waals surface area contributed by atoms with Crippen molar-refractivity contribution >= 4 is 26.7 Å². The Morgan fingerprint density at radius 2 is 1.66 bits per heavy atom. The molecular formula is C32H29F2N3O3S. The topological polar surface area (TPSA) is 81.9 Å². The fourth-order valence-electron chi connectivity index (χ4n) is 5.13. The van der Waals surface area contributed by atoms with Crippen molar-refractivity contribution in [3.63, 3.8) is 0 Å². The minimum absolute atomic E-state index is 0.0401. The van der Waals surface area contributed by atoms with Crippen molar-refractivity contribution in [1.82, 2.24) is 14.5 Å². The van der Waals surface area contributed by atoms with Gasteiger partial charge in [-0.3, -0.25) is 9.78 Å². The normalized spacial score (nSPS) is 12.5.